The van der Waals surface area contributed by atoms with E-state index in [0.29, 0.717) is 10.5 Å². The van der Waals surface area contributed by atoms with Crippen LogP contribution in [0.25, 0.3) is 0 Å². The number of carbonyl (C=O) groups excluding carboxylic acids is 2. The van der Waals surface area contributed by atoms with Gasteiger partial charge in [0.15, 0.2) is 0 Å². The zero-order valence-electron chi connectivity index (χ0n) is 17.0. The topological polar surface area (TPSA) is 61.4 Å². The van der Waals surface area contributed by atoms with E-state index in [9.17, 15) is 27.2 Å². The van der Waals surface area contributed by atoms with Crippen molar-refractivity contribution in [2.24, 2.45) is 5.92 Å². The molecule has 1 heterocycles. The average molecular weight is 437 g/mol. The molecule has 0 bridgehead atoms. The third kappa shape index (κ3) is 5.22. The summed E-state index contributed by atoms with van der Waals surface area (Å²) < 4.78 is 54.7. The predicted octanol–water partition coefficient (Wildman–Crippen LogP) is 4.42. The molecule has 3 rings (SSSR count). The Hall–Kier alpha value is -2.94. The van der Waals surface area contributed by atoms with Gasteiger partial charge in [-0.25, -0.2) is 4.39 Å². The Morgan fingerprint density at radius 1 is 1.16 bits per heavy atom. The quantitative estimate of drug-likeness (QED) is 0.681. The van der Waals surface area contributed by atoms with Crippen molar-refractivity contribution in [3.8, 4) is 0 Å². The number of alkyl halides is 3. The molecule has 2 N–H and O–H groups in total. The summed E-state index contributed by atoms with van der Waals surface area (Å²) >= 11 is 0. The fourth-order valence-corrected chi connectivity index (χ4v) is 3.69. The maximum absolute atomic E-state index is 13.8. The van der Waals surface area contributed by atoms with Gasteiger partial charge >= 0.3 is 6.18 Å². The van der Waals surface area contributed by atoms with Gasteiger partial charge in [0.1, 0.15) is 11.9 Å². The van der Waals surface area contributed by atoms with Gasteiger partial charge in [-0.3, -0.25) is 14.5 Å². The number of nitrogens with zero attached hydrogens (tertiary/aromatic N) is 1. The minimum atomic E-state index is -4.79. The lowest BCUT2D eigenvalue weighted by molar-refractivity contribution is -0.157. The van der Waals surface area contributed by atoms with E-state index in [1.54, 1.807) is 18.2 Å². The van der Waals surface area contributed by atoms with Gasteiger partial charge in [0.05, 0.1) is 24.3 Å². The summed E-state index contributed by atoms with van der Waals surface area (Å²) in [4.78, 5) is 25.7. The van der Waals surface area contributed by atoms with Crippen LogP contribution in [-0.4, -0.2) is 30.6 Å². The van der Waals surface area contributed by atoms with Crippen LogP contribution in [0.5, 0.6) is 0 Å². The molecular formula is C22H23F4N3O2. The maximum atomic E-state index is 13.8. The van der Waals surface area contributed by atoms with Crippen molar-refractivity contribution in [2.45, 2.75) is 38.5 Å². The highest BCUT2D eigenvalue weighted by atomic mass is 19.4. The predicted molar refractivity (Wildman–Crippen MR) is 109 cm³/mol. The minimum Gasteiger partial charge on any atom is -0.324 e. The molecule has 0 spiro atoms. The number of rotatable bonds is 5. The first-order valence-electron chi connectivity index (χ1n) is 9.84. The molecule has 2 unspecified atom stereocenters. The lowest BCUT2D eigenvalue weighted by Crippen LogP contribution is -2.52. The fourth-order valence-electron chi connectivity index (χ4n) is 3.69. The van der Waals surface area contributed by atoms with Crippen LogP contribution in [0, 0.1) is 11.7 Å². The van der Waals surface area contributed by atoms with Gasteiger partial charge in [0, 0.05) is 6.04 Å². The lowest BCUT2D eigenvalue weighted by Gasteiger charge is -2.32. The van der Waals surface area contributed by atoms with Crippen LogP contribution in [-0.2, 0) is 9.59 Å². The highest BCUT2D eigenvalue weighted by Crippen LogP contribution is 2.37. The molecule has 2 aromatic carbocycles. The summed E-state index contributed by atoms with van der Waals surface area (Å²) in [6.45, 7) is 3.37. The number of nitrogens with one attached hydrogen (secondary N) is 2. The first-order chi connectivity index (χ1) is 14.6. The SMILES string of the molecule is CC(C)C(NCC(=O)N1c2ccccc2NC(=O)CC1C(F)(F)F)c1ccc(F)cc1. The van der Waals surface area contributed by atoms with Gasteiger partial charge in [-0.1, -0.05) is 38.1 Å². The number of benzene rings is 2. The number of hydrogen-bond donors (Lipinski definition) is 2. The number of carbonyl (C=O) groups is 2. The number of amides is 2. The number of anilines is 2. The summed E-state index contributed by atoms with van der Waals surface area (Å²) in [5.74, 6) is -2.06. The van der Waals surface area contributed by atoms with E-state index in [1.807, 2.05) is 13.8 Å². The second-order valence-corrected chi connectivity index (χ2v) is 7.74. The number of halogens is 4. The van der Waals surface area contributed by atoms with Gasteiger partial charge < -0.3 is 10.6 Å². The first-order valence-corrected chi connectivity index (χ1v) is 9.84. The molecule has 1 aliphatic rings. The highest BCUT2D eigenvalue weighted by molar-refractivity contribution is 6.05. The number of para-hydroxylation sites is 2. The second-order valence-electron chi connectivity index (χ2n) is 7.74. The molecule has 31 heavy (non-hydrogen) atoms. The summed E-state index contributed by atoms with van der Waals surface area (Å²) in [5.41, 5.74) is 0.849. The molecule has 0 radical (unpaired) electrons. The van der Waals surface area contributed by atoms with Crippen LogP contribution in [0.4, 0.5) is 28.9 Å². The molecule has 5 nitrogen and oxygen atoms in total. The van der Waals surface area contributed by atoms with Crippen molar-refractivity contribution in [1.29, 1.82) is 0 Å². The molecule has 9 heteroatoms. The Bertz CT molecular complexity index is 945. The minimum absolute atomic E-state index is 0.00893. The summed E-state index contributed by atoms with van der Waals surface area (Å²) in [7, 11) is 0. The molecule has 0 aliphatic carbocycles. The normalized spacial score (nSPS) is 17.7. The van der Waals surface area contributed by atoms with Crippen molar-refractivity contribution in [2.75, 3.05) is 16.8 Å². The smallest absolute Gasteiger partial charge is 0.324 e. The highest BCUT2D eigenvalue weighted by Gasteiger charge is 2.48. The zero-order valence-corrected chi connectivity index (χ0v) is 17.0. The molecule has 0 saturated carbocycles. The largest absolute Gasteiger partial charge is 0.409 e. The summed E-state index contributed by atoms with van der Waals surface area (Å²) in [6.07, 6.45) is -5.69. The van der Waals surface area contributed by atoms with E-state index < -0.39 is 42.8 Å². The Labute approximate surface area is 177 Å². The van der Waals surface area contributed by atoms with Crippen LogP contribution < -0.4 is 15.5 Å². The molecule has 2 aromatic rings. The van der Waals surface area contributed by atoms with Gasteiger partial charge in [-0.05, 0) is 35.7 Å². The molecule has 0 aromatic heterocycles. The van der Waals surface area contributed by atoms with Gasteiger partial charge in [-0.15, -0.1) is 0 Å². The monoisotopic (exact) mass is 437 g/mol. The third-order valence-electron chi connectivity index (χ3n) is 5.14. The van der Waals surface area contributed by atoms with E-state index in [2.05, 4.69) is 10.6 Å². The van der Waals surface area contributed by atoms with E-state index in [-0.39, 0.29) is 23.3 Å². The van der Waals surface area contributed by atoms with E-state index in [4.69, 9.17) is 0 Å². The van der Waals surface area contributed by atoms with Crippen LogP contribution in [0.3, 0.4) is 0 Å². The van der Waals surface area contributed by atoms with Gasteiger partial charge in [0.25, 0.3) is 0 Å². The Morgan fingerprint density at radius 3 is 2.42 bits per heavy atom. The third-order valence-corrected chi connectivity index (χ3v) is 5.14. The van der Waals surface area contributed by atoms with Crippen molar-refractivity contribution < 1.29 is 27.2 Å². The van der Waals surface area contributed by atoms with Crippen LogP contribution in [0.2, 0.25) is 0 Å². The number of hydrogen-bond acceptors (Lipinski definition) is 3. The van der Waals surface area contributed by atoms with Crippen molar-refractivity contribution in [1.82, 2.24) is 5.32 Å². The number of fused-ring (bicyclic) bond motifs is 1. The first kappa shape index (κ1) is 22.7. The van der Waals surface area contributed by atoms with Crippen molar-refractivity contribution >= 4 is 23.2 Å². The molecule has 1 aliphatic heterocycles. The molecule has 2 amide bonds. The average Bonchev–Trinajstić information content (AvgIpc) is 2.84. The molecular weight excluding hydrogens is 414 g/mol. The Morgan fingerprint density at radius 2 is 1.81 bits per heavy atom. The standard InChI is InChI=1S/C22H23F4N3O2/c1-13(2)21(14-7-9-15(23)10-8-14)27-12-20(31)29-17-6-4-3-5-16(17)28-19(30)11-18(29)22(24,25)26/h3-10,13,18,21,27H,11-12H2,1-2H3,(H,28,30). The van der Waals surface area contributed by atoms with Crippen LogP contribution in [0.1, 0.15) is 31.9 Å². The van der Waals surface area contributed by atoms with Gasteiger partial charge in [-0.2, -0.15) is 13.2 Å². The zero-order chi connectivity index (χ0) is 22.8. The van der Waals surface area contributed by atoms with E-state index in [0.717, 1.165) is 0 Å². The molecule has 0 fully saturated rings. The molecule has 166 valence electrons. The second kappa shape index (κ2) is 9.05. The van der Waals surface area contributed by atoms with Gasteiger partial charge in [0.2, 0.25) is 11.8 Å². The molecule has 0 saturated heterocycles. The summed E-state index contributed by atoms with van der Waals surface area (Å²) in [5, 5.41) is 5.43. The van der Waals surface area contributed by atoms with E-state index in [1.165, 1.54) is 30.3 Å². The van der Waals surface area contributed by atoms with Crippen molar-refractivity contribution in [3.63, 3.8) is 0 Å². The fraction of sp³-hybridized carbons (Fsp3) is 0.364. The summed E-state index contributed by atoms with van der Waals surface area (Å²) in [6, 6.07) is 8.95. The van der Waals surface area contributed by atoms with Crippen LogP contribution >= 0.6 is 0 Å². The molecule has 2 atom stereocenters. The Kier molecular flexibility index (Phi) is 6.64. The van der Waals surface area contributed by atoms with Crippen LogP contribution in [0.15, 0.2) is 48.5 Å². The van der Waals surface area contributed by atoms with E-state index >= 15 is 0 Å². The maximum Gasteiger partial charge on any atom is 0.409 e. The van der Waals surface area contributed by atoms with Crippen molar-refractivity contribution in [3.05, 3.63) is 59.9 Å². The lowest BCUT2D eigenvalue weighted by atomic mass is 9.96. The Balaban J connectivity index is 1.89.